The molecule has 1 aromatic heterocycles. The summed E-state index contributed by atoms with van der Waals surface area (Å²) >= 11 is 0. The Labute approximate surface area is 176 Å². The van der Waals surface area contributed by atoms with Gasteiger partial charge in [-0.25, -0.2) is 9.78 Å². The number of amides is 3. The van der Waals surface area contributed by atoms with Crippen LogP contribution in [0.3, 0.4) is 0 Å². The van der Waals surface area contributed by atoms with Crippen LogP contribution >= 0.6 is 0 Å². The Balaban J connectivity index is 1.59. The molecule has 2 aliphatic heterocycles. The van der Waals surface area contributed by atoms with Crippen LogP contribution in [0, 0.1) is 6.92 Å². The van der Waals surface area contributed by atoms with E-state index in [0.29, 0.717) is 39.1 Å². The highest BCUT2D eigenvalue weighted by atomic mass is 16.5. The Morgan fingerprint density at radius 2 is 1.83 bits per heavy atom. The lowest BCUT2D eigenvalue weighted by Crippen LogP contribution is -2.56. The minimum absolute atomic E-state index is 0.115. The fourth-order valence-electron chi connectivity index (χ4n) is 4.34. The first-order chi connectivity index (χ1) is 14.5. The maximum Gasteiger partial charge on any atom is 0.328 e. The zero-order chi connectivity index (χ0) is 21.1. The zero-order valence-electron chi connectivity index (χ0n) is 17.5. The molecule has 3 heterocycles. The molecular formula is C22H27N5O3. The van der Waals surface area contributed by atoms with E-state index in [0.717, 1.165) is 17.1 Å². The lowest BCUT2D eigenvalue weighted by molar-refractivity contribution is -0.134. The van der Waals surface area contributed by atoms with Gasteiger partial charge in [0.15, 0.2) is 0 Å². The number of aryl methyl sites for hydroxylation is 1. The molecule has 2 aromatic rings. The number of methoxy groups -OCH3 is 1. The quantitative estimate of drug-likeness (QED) is 0.681. The van der Waals surface area contributed by atoms with Crippen molar-refractivity contribution < 1.29 is 14.3 Å². The average molecular weight is 409 g/mol. The van der Waals surface area contributed by atoms with Gasteiger partial charge in [-0.1, -0.05) is 30.3 Å². The number of anilines is 1. The minimum Gasteiger partial charge on any atom is -0.383 e. The average Bonchev–Trinajstić information content (AvgIpc) is 2.95. The van der Waals surface area contributed by atoms with Crippen molar-refractivity contribution in [3.63, 3.8) is 0 Å². The van der Waals surface area contributed by atoms with Crippen LogP contribution in [0.2, 0.25) is 0 Å². The summed E-state index contributed by atoms with van der Waals surface area (Å²) in [6.45, 7) is 4.21. The van der Waals surface area contributed by atoms with Crippen molar-refractivity contribution in [2.45, 2.75) is 31.8 Å². The van der Waals surface area contributed by atoms with Crippen molar-refractivity contribution in [3.8, 4) is 0 Å². The van der Waals surface area contributed by atoms with Gasteiger partial charge >= 0.3 is 6.03 Å². The topological polar surface area (TPSA) is 78.9 Å². The SMILES string of the molecule is COCCN1C(=O)N(Cc2ccccc2)C2(CCN(c3cncc(C)n3)CC2)C1=O. The number of carbonyl (C=O) groups is 2. The smallest absolute Gasteiger partial charge is 0.328 e. The maximum absolute atomic E-state index is 13.5. The largest absolute Gasteiger partial charge is 0.383 e. The Hall–Kier alpha value is -3.00. The molecule has 0 atom stereocenters. The lowest BCUT2D eigenvalue weighted by Gasteiger charge is -2.42. The molecule has 0 N–H and O–H groups in total. The molecule has 8 nitrogen and oxygen atoms in total. The number of hydrogen-bond donors (Lipinski definition) is 0. The normalized spacial score (nSPS) is 18.5. The van der Waals surface area contributed by atoms with Gasteiger partial charge in [0.25, 0.3) is 5.91 Å². The second kappa shape index (κ2) is 8.39. The second-order valence-electron chi connectivity index (χ2n) is 7.84. The van der Waals surface area contributed by atoms with Crippen LogP contribution in [0.1, 0.15) is 24.1 Å². The van der Waals surface area contributed by atoms with E-state index in [2.05, 4.69) is 14.9 Å². The molecule has 0 unspecified atom stereocenters. The number of urea groups is 1. The molecule has 3 amide bonds. The van der Waals surface area contributed by atoms with Crippen LogP contribution in [0.25, 0.3) is 0 Å². The molecule has 0 bridgehead atoms. The van der Waals surface area contributed by atoms with E-state index in [-0.39, 0.29) is 18.5 Å². The van der Waals surface area contributed by atoms with Crippen LogP contribution < -0.4 is 4.90 Å². The third-order valence-corrected chi connectivity index (χ3v) is 5.98. The molecule has 1 spiro atoms. The molecule has 2 fully saturated rings. The van der Waals surface area contributed by atoms with Crippen molar-refractivity contribution >= 4 is 17.8 Å². The van der Waals surface area contributed by atoms with E-state index >= 15 is 0 Å². The number of ether oxygens (including phenoxy) is 1. The fourth-order valence-corrected chi connectivity index (χ4v) is 4.34. The van der Waals surface area contributed by atoms with Gasteiger partial charge in [0.2, 0.25) is 0 Å². The van der Waals surface area contributed by atoms with E-state index in [1.165, 1.54) is 4.90 Å². The summed E-state index contributed by atoms with van der Waals surface area (Å²) in [6, 6.07) is 9.59. The molecule has 0 aliphatic carbocycles. The molecule has 8 heteroatoms. The van der Waals surface area contributed by atoms with Crippen LogP contribution in [0.5, 0.6) is 0 Å². The number of hydrogen-bond acceptors (Lipinski definition) is 6. The van der Waals surface area contributed by atoms with Crippen molar-refractivity contribution in [1.29, 1.82) is 0 Å². The fraction of sp³-hybridized carbons (Fsp3) is 0.455. The summed E-state index contributed by atoms with van der Waals surface area (Å²) in [5.41, 5.74) is 1.05. The van der Waals surface area contributed by atoms with Crippen LogP contribution in [0.4, 0.5) is 10.6 Å². The van der Waals surface area contributed by atoms with Crippen molar-refractivity contribution in [1.82, 2.24) is 19.8 Å². The predicted octanol–water partition coefficient (Wildman–Crippen LogP) is 2.23. The molecule has 0 saturated carbocycles. The van der Waals surface area contributed by atoms with Crippen LogP contribution in [-0.4, -0.2) is 70.6 Å². The van der Waals surface area contributed by atoms with E-state index in [9.17, 15) is 9.59 Å². The third kappa shape index (κ3) is 3.63. The predicted molar refractivity (Wildman–Crippen MR) is 112 cm³/mol. The van der Waals surface area contributed by atoms with Crippen molar-refractivity contribution in [2.24, 2.45) is 0 Å². The number of piperidine rings is 1. The maximum atomic E-state index is 13.5. The second-order valence-corrected chi connectivity index (χ2v) is 7.84. The highest BCUT2D eigenvalue weighted by molar-refractivity contribution is 6.07. The summed E-state index contributed by atoms with van der Waals surface area (Å²) in [6.07, 6.45) is 4.59. The standard InChI is InChI=1S/C22H27N5O3/c1-17-14-23-15-19(24-17)25-10-8-22(9-11-25)20(28)26(12-13-30-2)21(29)27(22)16-18-6-4-3-5-7-18/h3-7,14-15H,8-13,16H2,1-2H3. The highest BCUT2D eigenvalue weighted by Gasteiger charge is 2.57. The van der Waals surface area contributed by atoms with Gasteiger partial charge in [-0.05, 0) is 25.3 Å². The van der Waals surface area contributed by atoms with Crippen LogP contribution in [-0.2, 0) is 16.1 Å². The molecule has 30 heavy (non-hydrogen) atoms. The highest BCUT2D eigenvalue weighted by Crippen LogP contribution is 2.39. The minimum atomic E-state index is -0.825. The Bertz CT molecular complexity index is 912. The number of rotatable bonds is 6. The first-order valence-corrected chi connectivity index (χ1v) is 10.3. The van der Waals surface area contributed by atoms with Crippen LogP contribution in [0.15, 0.2) is 42.7 Å². The van der Waals surface area contributed by atoms with E-state index < -0.39 is 5.54 Å². The van der Waals surface area contributed by atoms with E-state index in [1.54, 1.807) is 24.4 Å². The van der Waals surface area contributed by atoms with Gasteiger partial charge in [0.05, 0.1) is 25.0 Å². The first kappa shape index (κ1) is 20.3. The number of imide groups is 1. The molecule has 4 rings (SSSR count). The molecule has 0 radical (unpaired) electrons. The van der Waals surface area contributed by atoms with Gasteiger partial charge in [-0.3, -0.25) is 14.7 Å². The molecule has 158 valence electrons. The summed E-state index contributed by atoms with van der Waals surface area (Å²) in [5.74, 6) is 0.697. The van der Waals surface area contributed by atoms with Gasteiger partial charge < -0.3 is 14.5 Å². The van der Waals surface area contributed by atoms with Crippen molar-refractivity contribution in [3.05, 3.63) is 54.0 Å². The number of carbonyl (C=O) groups excluding carboxylic acids is 2. The monoisotopic (exact) mass is 409 g/mol. The molecule has 2 saturated heterocycles. The van der Waals surface area contributed by atoms with E-state index in [4.69, 9.17) is 4.74 Å². The molecular weight excluding hydrogens is 382 g/mol. The summed E-state index contributed by atoms with van der Waals surface area (Å²) in [4.78, 5) is 40.7. The number of aromatic nitrogens is 2. The first-order valence-electron chi connectivity index (χ1n) is 10.3. The lowest BCUT2D eigenvalue weighted by atomic mass is 9.85. The zero-order valence-corrected chi connectivity index (χ0v) is 17.5. The number of benzene rings is 1. The summed E-state index contributed by atoms with van der Waals surface area (Å²) < 4.78 is 5.13. The van der Waals surface area contributed by atoms with Crippen molar-refractivity contribution in [2.75, 3.05) is 38.3 Å². The van der Waals surface area contributed by atoms with Gasteiger partial charge in [0, 0.05) is 32.9 Å². The third-order valence-electron chi connectivity index (χ3n) is 5.98. The molecule has 2 aliphatic rings. The summed E-state index contributed by atoms with van der Waals surface area (Å²) in [5, 5.41) is 0. The molecule has 1 aromatic carbocycles. The van der Waals surface area contributed by atoms with Gasteiger partial charge in [-0.15, -0.1) is 0 Å². The van der Waals surface area contributed by atoms with Gasteiger partial charge in [-0.2, -0.15) is 0 Å². The summed E-state index contributed by atoms with van der Waals surface area (Å²) in [7, 11) is 1.57. The number of nitrogens with zero attached hydrogens (tertiary/aromatic N) is 5. The Morgan fingerprint density at radius 3 is 2.50 bits per heavy atom. The Morgan fingerprint density at radius 1 is 1.10 bits per heavy atom. The Kier molecular flexibility index (Phi) is 5.67. The van der Waals surface area contributed by atoms with Gasteiger partial charge in [0.1, 0.15) is 11.4 Å². The van der Waals surface area contributed by atoms with E-state index in [1.807, 2.05) is 37.3 Å².